The lowest BCUT2D eigenvalue weighted by molar-refractivity contribution is 0.289. The van der Waals surface area contributed by atoms with Crippen molar-refractivity contribution in [1.29, 1.82) is 0 Å². The summed E-state index contributed by atoms with van der Waals surface area (Å²) >= 11 is 0. The Morgan fingerprint density at radius 2 is 1.85 bits per heavy atom. The monoisotopic (exact) mass is 350 g/mol. The van der Waals surface area contributed by atoms with Gasteiger partial charge in [-0.2, -0.15) is 0 Å². The molecule has 2 N–H and O–H groups in total. The van der Waals surface area contributed by atoms with E-state index in [1.807, 2.05) is 13.0 Å². The molecule has 0 spiro atoms. The number of aryl methyl sites for hydroxylation is 2. The number of nitrogen functional groups attached to an aromatic ring is 1. The average molecular weight is 350 g/mol. The Kier molecular flexibility index (Phi) is 5.95. The van der Waals surface area contributed by atoms with Gasteiger partial charge in [-0.1, -0.05) is 30.3 Å². The number of hydrogen-bond acceptors (Lipinski definition) is 4. The second-order valence-corrected chi connectivity index (χ2v) is 6.49. The Morgan fingerprint density at radius 1 is 1.04 bits per heavy atom. The number of pyridine rings is 1. The van der Waals surface area contributed by atoms with Crippen LogP contribution in [0.1, 0.15) is 30.4 Å². The molecule has 3 rings (SSSR count). The number of ether oxygens (including phenoxy) is 2. The number of nitrogens with zero attached hydrogens (tertiary/aromatic N) is 1. The van der Waals surface area contributed by atoms with E-state index in [1.54, 1.807) is 19.4 Å². The number of hydrogen-bond donors (Lipinski definition) is 1. The minimum absolute atomic E-state index is 0.607. The van der Waals surface area contributed by atoms with Crippen LogP contribution in [0.15, 0.2) is 48.7 Å². The molecule has 136 valence electrons. The number of rotatable bonds is 8. The molecule has 1 heterocycles. The Balaban J connectivity index is 1.62. The number of aromatic nitrogens is 1. The molecule has 0 atom stereocenters. The van der Waals surface area contributed by atoms with E-state index in [2.05, 4.69) is 35.3 Å². The van der Waals surface area contributed by atoms with Crippen molar-refractivity contribution in [1.82, 2.24) is 4.98 Å². The van der Waals surface area contributed by atoms with Gasteiger partial charge in [0.25, 0.3) is 0 Å². The van der Waals surface area contributed by atoms with Crippen molar-refractivity contribution in [3.05, 3.63) is 59.8 Å². The van der Waals surface area contributed by atoms with E-state index in [0.717, 1.165) is 47.9 Å². The number of unbranched alkanes of at least 4 members (excludes halogenated alkanes) is 2. The molecule has 0 aliphatic rings. The summed E-state index contributed by atoms with van der Waals surface area (Å²) in [6, 6.07) is 14.3. The first kappa shape index (κ1) is 18.1. The van der Waals surface area contributed by atoms with E-state index >= 15 is 0 Å². The van der Waals surface area contributed by atoms with Gasteiger partial charge in [0, 0.05) is 12.3 Å². The summed E-state index contributed by atoms with van der Waals surface area (Å²) < 4.78 is 11.6. The summed E-state index contributed by atoms with van der Waals surface area (Å²) in [6.07, 6.45) is 6.17. The van der Waals surface area contributed by atoms with Gasteiger partial charge >= 0.3 is 0 Å². The number of anilines is 1. The van der Waals surface area contributed by atoms with Gasteiger partial charge in [0.05, 0.1) is 30.3 Å². The number of benzene rings is 2. The lowest BCUT2D eigenvalue weighted by Gasteiger charge is -2.16. The lowest BCUT2D eigenvalue weighted by atomic mass is 10.1. The van der Waals surface area contributed by atoms with Gasteiger partial charge in [0.2, 0.25) is 0 Å². The van der Waals surface area contributed by atoms with Gasteiger partial charge in [-0.3, -0.25) is 4.98 Å². The maximum absolute atomic E-state index is 6.12. The van der Waals surface area contributed by atoms with Crippen LogP contribution in [0, 0.1) is 6.92 Å². The first-order valence-electron chi connectivity index (χ1n) is 9.09. The van der Waals surface area contributed by atoms with E-state index in [1.165, 1.54) is 5.56 Å². The zero-order valence-corrected chi connectivity index (χ0v) is 15.5. The number of fused-ring (bicyclic) bond motifs is 1. The van der Waals surface area contributed by atoms with Crippen LogP contribution in [-0.2, 0) is 6.42 Å². The van der Waals surface area contributed by atoms with Crippen LogP contribution in [-0.4, -0.2) is 18.7 Å². The van der Waals surface area contributed by atoms with Crippen LogP contribution < -0.4 is 15.2 Å². The molecule has 4 heteroatoms. The Morgan fingerprint density at radius 3 is 2.62 bits per heavy atom. The van der Waals surface area contributed by atoms with Crippen LogP contribution in [0.25, 0.3) is 10.9 Å². The molecule has 4 nitrogen and oxygen atoms in total. The molecule has 3 aromatic rings. The minimum Gasteiger partial charge on any atom is -0.493 e. The van der Waals surface area contributed by atoms with E-state index in [4.69, 9.17) is 15.2 Å². The fraction of sp³-hybridized carbons (Fsp3) is 0.318. The second kappa shape index (κ2) is 8.56. The third-order valence-corrected chi connectivity index (χ3v) is 4.59. The Hall–Kier alpha value is -2.75. The molecule has 0 amide bonds. The van der Waals surface area contributed by atoms with Crippen molar-refractivity contribution in [2.75, 3.05) is 19.5 Å². The largest absolute Gasteiger partial charge is 0.493 e. The minimum atomic E-state index is 0.607. The van der Waals surface area contributed by atoms with Gasteiger partial charge < -0.3 is 15.2 Å². The molecular formula is C22H26N2O2. The van der Waals surface area contributed by atoms with Gasteiger partial charge in [-0.15, -0.1) is 0 Å². The summed E-state index contributed by atoms with van der Waals surface area (Å²) in [6.45, 7) is 2.69. The Bertz CT molecular complexity index is 863. The lowest BCUT2D eigenvalue weighted by Crippen LogP contribution is -2.03. The molecule has 0 aliphatic heterocycles. The average Bonchev–Trinajstić information content (AvgIpc) is 2.67. The summed E-state index contributed by atoms with van der Waals surface area (Å²) in [5, 5.41) is 0.939. The van der Waals surface area contributed by atoms with Gasteiger partial charge in [0.1, 0.15) is 0 Å². The highest BCUT2D eigenvalue weighted by molar-refractivity contribution is 5.98. The summed E-state index contributed by atoms with van der Waals surface area (Å²) in [7, 11) is 1.64. The van der Waals surface area contributed by atoms with Crippen LogP contribution in [0.3, 0.4) is 0 Å². The Labute approximate surface area is 155 Å². The first-order valence-corrected chi connectivity index (χ1v) is 9.09. The molecule has 1 aromatic heterocycles. The first-order chi connectivity index (χ1) is 12.7. The fourth-order valence-corrected chi connectivity index (χ4v) is 3.18. The van der Waals surface area contributed by atoms with Crippen LogP contribution >= 0.6 is 0 Å². The van der Waals surface area contributed by atoms with E-state index in [-0.39, 0.29) is 0 Å². The quantitative estimate of drug-likeness (QED) is 0.462. The summed E-state index contributed by atoms with van der Waals surface area (Å²) in [4.78, 5) is 4.41. The van der Waals surface area contributed by atoms with Crippen molar-refractivity contribution in [3.63, 3.8) is 0 Å². The van der Waals surface area contributed by atoms with Crippen molar-refractivity contribution >= 4 is 16.6 Å². The summed E-state index contributed by atoms with van der Waals surface area (Å²) in [5.74, 6) is 1.40. The standard InChI is InChI=1S/C22H26N2O2/c1-16-12-13-24-21-18(23)15-19(25-2)22(20(16)21)26-14-8-4-7-11-17-9-5-3-6-10-17/h3,5-6,9-10,12-13,15H,4,7-8,11,14,23H2,1-2H3. The third kappa shape index (κ3) is 4.07. The fourth-order valence-electron chi connectivity index (χ4n) is 3.18. The molecule has 0 saturated carbocycles. The third-order valence-electron chi connectivity index (χ3n) is 4.59. The van der Waals surface area contributed by atoms with Crippen molar-refractivity contribution in [2.24, 2.45) is 0 Å². The number of nitrogens with two attached hydrogens (primary N) is 1. The molecule has 0 fully saturated rings. The predicted molar refractivity (Wildman–Crippen MR) is 107 cm³/mol. The van der Waals surface area contributed by atoms with Crippen LogP contribution in [0.4, 0.5) is 5.69 Å². The summed E-state index contributed by atoms with van der Waals surface area (Å²) in [5.41, 5.74) is 9.97. The smallest absolute Gasteiger partial charge is 0.170 e. The highest BCUT2D eigenvalue weighted by Gasteiger charge is 2.15. The van der Waals surface area contributed by atoms with Crippen molar-refractivity contribution in [3.8, 4) is 11.5 Å². The van der Waals surface area contributed by atoms with E-state index in [0.29, 0.717) is 18.0 Å². The van der Waals surface area contributed by atoms with Gasteiger partial charge in [0.15, 0.2) is 11.5 Å². The van der Waals surface area contributed by atoms with Crippen LogP contribution in [0.5, 0.6) is 11.5 Å². The topological polar surface area (TPSA) is 57.4 Å². The molecule has 2 aromatic carbocycles. The van der Waals surface area contributed by atoms with Gasteiger partial charge in [-0.05, 0) is 49.8 Å². The maximum atomic E-state index is 6.12. The molecular weight excluding hydrogens is 324 g/mol. The second-order valence-electron chi connectivity index (χ2n) is 6.49. The van der Waals surface area contributed by atoms with Crippen molar-refractivity contribution < 1.29 is 9.47 Å². The predicted octanol–water partition coefficient (Wildman–Crippen LogP) is 4.93. The highest BCUT2D eigenvalue weighted by Crippen LogP contribution is 2.40. The zero-order chi connectivity index (χ0) is 18.4. The SMILES string of the molecule is COc1cc(N)c2nccc(C)c2c1OCCCCCc1ccccc1. The van der Waals surface area contributed by atoms with Gasteiger partial charge in [-0.25, -0.2) is 0 Å². The molecule has 0 unspecified atom stereocenters. The van der Waals surface area contributed by atoms with Crippen LogP contribution in [0.2, 0.25) is 0 Å². The molecule has 26 heavy (non-hydrogen) atoms. The molecule has 0 saturated heterocycles. The molecule has 0 aliphatic carbocycles. The zero-order valence-electron chi connectivity index (χ0n) is 15.5. The maximum Gasteiger partial charge on any atom is 0.170 e. The van der Waals surface area contributed by atoms with E-state index in [9.17, 15) is 0 Å². The van der Waals surface area contributed by atoms with E-state index < -0.39 is 0 Å². The molecule has 0 radical (unpaired) electrons. The number of methoxy groups -OCH3 is 1. The van der Waals surface area contributed by atoms with Crippen molar-refractivity contribution in [2.45, 2.75) is 32.6 Å². The normalized spacial score (nSPS) is 10.8. The molecule has 0 bridgehead atoms. The highest BCUT2D eigenvalue weighted by atomic mass is 16.5.